The molecule has 0 saturated carbocycles. The molecule has 0 spiro atoms. The zero-order chi connectivity index (χ0) is 13.9. The molecule has 2 aromatic heterocycles. The van der Waals surface area contributed by atoms with Gasteiger partial charge in [-0.05, 0) is 6.07 Å². The van der Waals surface area contributed by atoms with Crippen LogP contribution in [0.5, 0.6) is 11.1 Å². The van der Waals surface area contributed by atoms with Gasteiger partial charge in [0.25, 0.3) is 11.1 Å². The van der Waals surface area contributed by atoms with E-state index in [-0.39, 0.29) is 12.0 Å². The van der Waals surface area contributed by atoms with Gasteiger partial charge in [-0.15, -0.1) is 0 Å². The first-order valence-electron chi connectivity index (χ1n) is 6.12. The molecule has 0 radical (unpaired) electrons. The molecule has 1 fully saturated rings. The monoisotopic (exact) mass is 291 g/mol. The van der Waals surface area contributed by atoms with Crippen LogP contribution in [0.2, 0.25) is 0 Å². The number of hydrogen-bond donors (Lipinski definition) is 0. The van der Waals surface area contributed by atoms with Gasteiger partial charge in [0.2, 0.25) is 5.88 Å². The molecule has 6 nitrogen and oxygen atoms in total. The fraction of sp³-hybridized carbons (Fsp3) is 0.308. The zero-order valence-corrected chi connectivity index (χ0v) is 11.7. The van der Waals surface area contributed by atoms with Crippen LogP contribution in [-0.2, 0) is 0 Å². The SMILES string of the molecule is COc1ccc(C(=O)N2CC(Oc3nccs3)C2)cn1. The Bertz CT molecular complexity index is 579. The van der Waals surface area contributed by atoms with Crippen molar-refractivity contribution in [1.29, 1.82) is 0 Å². The fourth-order valence-electron chi connectivity index (χ4n) is 1.90. The number of rotatable bonds is 4. The lowest BCUT2D eigenvalue weighted by atomic mass is 10.1. The molecule has 3 heterocycles. The third-order valence-corrected chi connectivity index (χ3v) is 3.67. The molecule has 1 amide bonds. The Morgan fingerprint density at radius 3 is 2.85 bits per heavy atom. The second-order valence-electron chi connectivity index (χ2n) is 4.34. The van der Waals surface area contributed by atoms with Crippen molar-refractivity contribution >= 4 is 17.2 Å². The summed E-state index contributed by atoms with van der Waals surface area (Å²) in [5.74, 6) is 0.453. The standard InChI is InChI=1S/C13H13N3O3S/c1-18-11-3-2-9(6-15-11)12(17)16-7-10(8-16)19-13-14-4-5-20-13/h2-6,10H,7-8H2,1H3. The highest BCUT2D eigenvalue weighted by Gasteiger charge is 2.33. The Morgan fingerprint density at radius 2 is 2.25 bits per heavy atom. The number of ether oxygens (including phenoxy) is 2. The van der Waals surface area contributed by atoms with Gasteiger partial charge in [0.05, 0.1) is 25.8 Å². The fourth-order valence-corrected chi connectivity index (χ4v) is 2.45. The third kappa shape index (κ3) is 2.57. The topological polar surface area (TPSA) is 64.5 Å². The summed E-state index contributed by atoms with van der Waals surface area (Å²) in [6, 6.07) is 3.39. The Labute approximate surface area is 120 Å². The summed E-state index contributed by atoms with van der Waals surface area (Å²) in [7, 11) is 1.54. The van der Waals surface area contributed by atoms with Gasteiger partial charge in [-0.1, -0.05) is 11.3 Å². The number of nitrogens with zero attached hydrogens (tertiary/aromatic N) is 3. The number of methoxy groups -OCH3 is 1. The molecular formula is C13H13N3O3S. The summed E-state index contributed by atoms with van der Waals surface area (Å²) < 4.78 is 10.6. The highest BCUT2D eigenvalue weighted by Crippen LogP contribution is 2.21. The number of aromatic nitrogens is 2. The van der Waals surface area contributed by atoms with Gasteiger partial charge in [-0.25, -0.2) is 9.97 Å². The molecule has 1 saturated heterocycles. The molecule has 7 heteroatoms. The van der Waals surface area contributed by atoms with Crippen molar-refractivity contribution in [2.45, 2.75) is 6.10 Å². The van der Waals surface area contributed by atoms with Crippen molar-refractivity contribution in [1.82, 2.24) is 14.9 Å². The molecule has 20 heavy (non-hydrogen) atoms. The lowest BCUT2D eigenvalue weighted by Gasteiger charge is -2.38. The molecule has 1 aliphatic heterocycles. The zero-order valence-electron chi connectivity index (χ0n) is 10.9. The van der Waals surface area contributed by atoms with Crippen LogP contribution in [0.1, 0.15) is 10.4 Å². The largest absolute Gasteiger partial charge is 0.481 e. The number of carbonyl (C=O) groups is 1. The maximum atomic E-state index is 12.2. The van der Waals surface area contributed by atoms with Crippen LogP contribution in [0.25, 0.3) is 0 Å². The second-order valence-corrected chi connectivity index (χ2v) is 5.19. The summed E-state index contributed by atoms with van der Waals surface area (Å²) in [6.45, 7) is 1.15. The molecule has 0 atom stereocenters. The predicted octanol–water partition coefficient (Wildman–Crippen LogP) is 1.45. The summed E-state index contributed by atoms with van der Waals surface area (Å²) in [6.07, 6.45) is 3.25. The quantitative estimate of drug-likeness (QED) is 0.853. The van der Waals surface area contributed by atoms with E-state index in [1.54, 1.807) is 30.3 Å². The van der Waals surface area contributed by atoms with E-state index in [0.717, 1.165) is 0 Å². The van der Waals surface area contributed by atoms with E-state index < -0.39 is 0 Å². The molecule has 3 rings (SSSR count). The van der Waals surface area contributed by atoms with E-state index in [4.69, 9.17) is 9.47 Å². The van der Waals surface area contributed by atoms with Gasteiger partial charge in [0, 0.05) is 23.8 Å². The Kier molecular flexibility index (Phi) is 3.51. The van der Waals surface area contributed by atoms with Crippen LogP contribution in [0, 0.1) is 0 Å². The van der Waals surface area contributed by atoms with Crippen molar-refractivity contribution in [3.05, 3.63) is 35.5 Å². The number of amides is 1. The first-order chi connectivity index (χ1) is 9.76. The Balaban J connectivity index is 1.54. The third-order valence-electron chi connectivity index (χ3n) is 3.00. The molecule has 0 N–H and O–H groups in total. The van der Waals surface area contributed by atoms with E-state index in [1.165, 1.54) is 17.5 Å². The highest BCUT2D eigenvalue weighted by atomic mass is 32.1. The van der Waals surface area contributed by atoms with Crippen LogP contribution in [-0.4, -0.2) is 47.1 Å². The normalized spacial score (nSPS) is 14.8. The lowest BCUT2D eigenvalue weighted by molar-refractivity contribution is 0.0176. The molecule has 104 valence electrons. The highest BCUT2D eigenvalue weighted by molar-refractivity contribution is 7.11. The molecule has 2 aromatic rings. The summed E-state index contributed by atoms with van der Waals surface area (Å²) in [5, 5.41) is 2.51. The molecule has 0 bridgehead atoms. The summed E-state index contributed by atoms with van der Waals surface area (Å²) in [5.41, 5.74) is 0.554. The minimum Gasteiger partial charge on any atom is -0.481 e. The molecule has 1 aliphatic rings. The summed E-state index contributed by atoms with van der Waals surface area (Å²) >= 11 is 1.45. The number of hydrogen-bond acceptors (Lipinski definition) is 6. The predicted molar refractivity (Wildman–Crippen MR) is 73.2 cm³/mol. The van der Waals surface area contributed by atoms with Crippen molar-refractivity contribution in [2.24, 2.45) is 0 Å². The van der Waals surface area contributed by atoms with E-state index in [2.05, 4.69) is 9.97 Å². The minimum atomic E-state index is -0.0425. The number of likely N-dealkylation sites (tertiary alicyclic amines) is 1. The van der Waals surface area contributed by atoms with Crippen LogP contribution < -0.4 is 9.47 Å². The molecule has 0 aliphatic carbocycles. The Morgan fingerprint density at radius 1 is 1.40 bits per heavy atom. The first-order valence-corrected chi connectivity index (χ1v) is 6.99. The van der Waals surface area contributed by atoms with Crippen LogP contribution >= 0.6 is 11.3 Å². The number of carbonyl (C=O) groups excluding carboxylic acids is 1. The van der Waals surface area contributed by atoms with E-state index in [1.807, 2.05) is 5.38 Å². The maximum absolute atomic E-state index is 12.2. The first kappa shape index (κ1) is 12.9. The molecule has 0 unspecified atom stereocenters. The average Bonchev–Trinajstić information content (AvgIpc) is 2.95. The average molecular weight is 291 g/mol. The van der Waals surface area contributed by atoms with E-state index in [0.29, 0.717) is 29.7 Å². The van der Waals surface area contributed by atoms with E-state index in [9.17, 15) is 4.79 Å². The smallest absolute Gasteiger partial charge is 0.273 e. The number of pyridine rings is 1. The van der Waals surface area contributed by atoms with Gasteiger partial charge in [0.1, 0.15) is 6.10 Å². The lowest BCUT2D eigenvalue weighted by Crippen LogP contribution is -2.56. The van der Waals surface area contributed by atoms with Crippen LogP contribution in [0.4, 0.5) is 0 Å². The molecule has 0 aromatic carbocycles. The van der Waals surface area contributed by atoms with Crippen molar-refractivity contribution in [3.8, 4) is 11.1 Å². The van der Waals surface area contributed by atoms with Gasteiger partial charge in [-0.2, -0.15) is 0 Å². The van der Waals surface area contributed by atoms with Gasteiger partial charge >= 0.3 is 0 Å². The van der Waals surface area contributed by atoms with Gasteiger partial charge < -0.3 is 14.4 Å². The Hall–Kier alpha value is -2.15. The van der Waals surface area contributed by atoms with Crippen LogP contribution in [0.3, 0.4) is 0 Å². The summed E-state index contributed by atoms with van der Waals surface area (Å²) in [4.78, 5) is 22.0. The van der Waals surface area contributed by atoms with E-state index >= 15 is 0 Å². The maximum Gasteiger partial charge on any atom is 0.273 e. The second kappa shape index (κ2) is 5.46. The van der Waals surface area contributed by atoms with Crippen molar-refractivity contribution < 1.29 is 14.3 Å². The van der Waals surface area contributed by atoms with Crippen molar-refractivity contribution in [2.75, 3.05) is 20.2 Å². The van der Waals surface area contributed by atoms with Gasteiger partial charge in [-0.3, -0.25) is 4.79 Å². The van der Waals surface area contributed by atoms with Crippen molar-refractivity contribution in [3.63, 3.8) is 0 Å². The number of thiazole rings is 1. The molecular weight excluding hydrogens is 278 g/mol. The van der Waals surface area contributed by atoms with Gasteiger partial charge in [0.15, 0.2) is 0 Å². The van der Waals surface area contributed by atoms with Crippen LogP contribution in [0.15, 0.2) is 29.9 Å². The minimum absolute atomic E-state index is 0.0244.